The average Bonchev–Trinajstić information content (AvgIpc) is 2.86. The van der Waals surface area contributed by atoms with Gasteiger partial charge in [0.1, 0.15) is 5.54 Å². The second-order valence-electron chi connectivity index (χ2n) is 5.00. The zero-order valence-corrected chi connectivity index (χ0v) is 12.1. The summed E-state index contributed by atoms with van der Waals surface area (Å²) in [5.74, 6) is -0.200. The normalized spacial score (nSPS) is 17.7. The van der Waals surface area contributed by atoms with Gasteiger partial charge in [0.25, 0.3) is 5.91 Å². The van der Waals surface area contributed by atoms with Gasteiger partial charge in [0.05, 0.1) is 6.54 Å². The highest BCUT2D eigenvalue weighted by Crippen LogP contribution is 2.23. The average molecular weight is 282 g/mol. The Morgan fingerprint density at radius 1 is 1.47 bits per heavy atom. The van der Waals surface area contributed by atoms with Crippen LogP contribution in [0.4, 0.5) is 9.93 Å². The lowest BCUT2D eigenvalue weighted by atomic mass is 10.1. The summed E-state index contributed by atoms with van der Waals surface area (Å²) in [5.41, 5.74) is -0.814. The molecule has 104 valence electrons. The fourth-order valence-corrected chi connectivity index (χ4v) is 2.64. The van der Waals surface area contributed by atoms with Gasteiger partial charge in [0.2, 0.25) is 0 Å². The Hall–Kier alpha value is -1.63. The number of carbonyl (C=O) groups is 2. The first kappa shape index (κ1) is 13.8. The number of nitrogens with zero attached hydrogens (tertiary/aromatic N) is 2. The Bertz CT molecular complexity index is 498. The molecule has 1 aliphatic heterocycles. The van der Waals surface area contributed by atoms with Crippen LogP contribution in [0.2, 0.25) is 0 Å². The summed E-state index contributed by atoms with van der Waals surface area (Å²) in [4.78, 5) is 30.1. The van der Waals surface area contributed by atoms with Gasteiger partial charge in [0, 0.05) is 17.6 Å². The number of aromatic nitrogens is 1. The summed E-state index contributed by atoms with van der Waals surface area (Å²) in [6.45, 7) is 6.63. The maximum Gasteiger partial charge on any atom is 0.325 e. The fourth-order valence-electron chi connectivity index (χ4n) is 1.81. The van der Waals surface area contributed by atoms with E-state index in [2.05, 4.69) is 22.5 Å². The number of carbonyl (C=O) groups excluding carboxylic acids is 2. The molecule has 6 nitrogen and oxygen atoms in total. The maximum atomic E-state index is 12.0. The van der Waals surface area contributed by atoms with Crippen LogP contribution >= 0.6 is 11.3 Å². The van der Waals surface area contributed by atoms with Crippen LogP contribution < -0.4 is 10.6 Å². The molecule has 0 radical (unpaired) electrons. The van der Waals surface area contributed by atoms with Crippen LogP contribution in [0, 0.1) is 0 Å². The molecule has 0 unspecified atom stereocenters. The van der Waals surface area contributed by atoms with Crippen LogP contribution in [-0.4, -0.2) is 33.9 Å². The lowest BCUT2D eigenvalue weighted by molar-refractivity contribution is -0.130. The molecule has 0 aromatic carbocycles. The second kappa shape index (κ2) is 5.16. The smallest absolute Gasteiger partial charge is 0.325 e. The van der Waals surface area contributed by atoms with Crippen molar-refractivity contribution in [2.24, 2.45) is 0 Å². The Kier molecular flexibility index (Phi) is 3.75. The molecule has 1 saturated heterocycles. The molecule has 7 heteroatoms. The SMILES string of the molecule is CCCNc1ncc(CN2C(=O)NC(C)(C)C2=O)s1. The lowest BCUT2D eigenvalue weighted by Crippen LogP contribution is -2.40. The third kappa shape index (κ3) is 2.86. The number of urea groups is 1. The van der Waals surface area contributed by atoms with Crippen LogP contribution in [-0.2, 0) is 11.3 Å². The van der Waals surface area contributed by atoms with Gasteiger partial charge in [-0.05, 0) is 20.3 Å². The van der Waals surface area contributed by atoms with Crippen molar-refractivity contribution in [1.29, 1.82) is 0 Å². The second-order valence-corrected chi connectivity index (χ2v) is 6.12. The van der Waals surface area contributed by atoms with Crippen LogP contribution in [0.5, 0.6) is 0 Å². The van der Waals surface area contributed by atoms with Crippen molar-refractivity contribution in [2.75, 3.05) is 11.9 Å². The van der Waals surface area contributed by atoms with Crippen molar-refractivity contribution in [2.45, 2.75) is 39.3 Å². The van der Waals surface area contributed by atoms with Crippen molar-refractivity contribution in [3.63, 3.8) is 0 Å². The van der Waals surface area contributed by atoms with Crippen LogP contribution in [0.1, 0.15) is 32.1 Å². The van der Waals surface area contributed by atoms with Crippen molar-refractivity contribution in [3.8, 4) is 0 Å². The van der Waals surface area contributed by atoms with E-state index in [0.717, 1.165) is 23.0 Å². The highest BCUT2D eigenvalue weighted by atomic mass is 32.1. The predicted molar refractivity (Wildman–Crippen MR) is 74.1 cm³/mol. The van der Waals surface area contributed by atoms with Crippen LogP contribution in [0.15, 0.2) is 6.20 Å². The van der Waals surface area contributed by atoms with E-state index in [-0.39, 0.29) is 18.5 Å². The van der Waals surface area contributed by atoms with Gasteiger partial charge in [-0.3, -0.25) is 9.69 Å². The quantitative estimate of drug-likeness (QED) is 0.808. The molecular formula is C12H18N4O2S. The zero-order valence-electron chi connectivity index (χ0n) is 11.3. The third-order valence-electron chi connectivity index (χ3n) is 2.84. The molecule has 1 fully saturated rings. The standard InChI is InChI=1S/C12H18N4O2S/c1-4-5-13-10-14-6-8(19-10)7-16-9(17)12(2,3)15-11(16)18/h6H,4-5,7H2,1-3H3,(H,13,14)(H,15,18). The highest BCUT2D eigenvalue weighted by Gasteiger charge is 2.44. The fraction of sp³-hybridized carbons (Fsp3) is 0.583. The monoisotopic (exact) mass is 282 g/mol. The summed E-state index contributed by atoms with van der Waals surface area (Å²) in [5, 5.41) is 6.66. The van der Waals surface area contributed by atoms with E-state index in [4.69, 9.17) is 0 Å². The molecule has 2 N–H and O–H groups in total. The van der Waals surface area contributed by atoms with E-state index < -0.39 is 5.54 Å². The first-order chi connectivity index (χ1) is 8.94. The number of rotatable bonds is 5. The summed E-state index contributed by atoms with van der Waals surface area (Å²) in [7, 11) is 0. The van der Waals surface area contributed by atoms with Gasteiger partial charge in [-0.2, -0.15) is 0 Å². The lowest BCUT2D eigenvalue weighted by Gasteiger charge is -2.14. The number of hydrogen-bond acceptors (Lipinski definition) is 5. The van der Waals surface area contributed by atoms with Crippen LogP contribution in [0.3, 0.4) is 0 Å². The molecule has 3 amide bonds. The molecule has 1 aliphatic rings. The van der Waals surface area contributed by atoms with Gasteiger partial charge < -0.3 is 10.6 Å². The molecule has 2 rings (SSSR count). The van der Waals surface area contributed by atoms with Gasteiger partial charge in [-0.25, -0.2) is 9.78 Å². The predicted octanol–water partition coefficient (Wildman–Crippen LogP) is 1.80. The molecule has 19 heavy (non-hydrogen) atoms. The van der Waals surface area contributed by atoms with E-state index in [1.165, 1.54) is 16.2 Å². The summed E-state index contributed by atoms with van der Waals surface area (Å²) in [6.07, 6.45) is 2.73. The first-order valence-corrected chi connectivity index (χ1v) is 7.08. The highest BCUT2D eigenvalue weighted by molar-refractivity contribution is 7.15. The number of amides is 3. The Morgan fingerprint density at radius 3 is 2.79 bits per heavy atom. The van der Waals surface area contributed by atoms with Gasteiger partial charge in [0.15, 0.2) is 5.13 Å². The van der Waals surface area contributed by atoms with Crippen molar-refractivity contribution >= 4 is 28.4 Å². The Balaban J connectivity index is 2.03. The van der Waals surface area contributed by atoms with E-state index in [0.29, 0.717) is 0 Å². The van der Waals surface area contributed by atoms with Crippen molar-refractivity contribution in [3.05, 3.63) is 11.1 Å². The van der Waals surface area contributed by atoms with Gasteiger partial charge in [-0.1, -0.05) is 6.92 Å². The summed E-state index contributed by atoms with van der Waals surface area (Å²) >= 11 is 1.47. The minimum Gasteiger partial charge on any atom is -0.362 e. The minimum atomic E-state index is -0.814. The van der Waals surface area contributed by atoms with E-state index in [1.54, 1.807) is 20.0 Å². The Labute approximate surface area is 116 Å². The largest absolute Gasteiger partial charge is 0.362 e. The number of nitrogens with one attached hydrogen (secondary N) is 2. The Morgan fingerprint density at radius 2 is 2.21 bits per heavy atom. The summed E-state index contributed by atoms with van der Waals surface area (Å²) < 4.78 is 0. The topological polar surface area (TPSA) is 74.3 Å². The number of thiazole rings is 1. The molecule has 1 aromatic rings. The van der Waals surface area contributed by atoms with Crippen LogP contribution in [0.25, 0.3) is 0 Å². The van der Waals surface area contributed by atoms with Gasteiger partial charge in [-0.15, -0.1) is 11.3 Å². The molecule has 0 bridgehead atoms. The molecule has 0 aliphatic carbocycles. The van der Waals surface area contributed by atoms with E-state index >= 15 is 0 Å². The molecule has 2 heterocycles. The molecule has 1 aromatic heterocycles. The first-order valence-electron chi connectivity index (χ1n) is 6.26. The van der Waals surface area contributed by atoms with E-state index in [9.17, 15) is 9.59 Å². The molecule has 0 saturated carbocycles. The number of anilines is 1. The number of hydrogen-bond donors (Lipinski definition) is 2. The molecular weight excluding hydrogens is 264 g/mol. The zero-order chi connectivity index (χ0) is 14.0. The minimum absolute atomic E-state index is 0.200. The van der Waals surface area contributed by atoms with Gasteiger partial charge >= 0.3 is 6.03 Å². The van der Waals surface area contributed by atoms with Crippen molar-refractivity contribution < 1.29 is 9.59 Å². The molecule has 0 spiro atoms. The van der Waals surface area contributed by atoms with Crippen molar-refractivity contribution in [1.82, 2.24) is 15.2 Å². The van der Waals surface area contributed by atoms with E-state index in [1.807, 2.05) is 0 Å². The molecule has 0 atom stereocenters. The third-order valence-corrected chi connectivity index (χ3v) is 3.78. The number of imide groups is 1. The summed E-state index contributed by atoms with van der Waals surface area (Å²) in [6, 6.07) is -0.341. The maximum absolute atomic E-state index is 12.0.